The molecule has 0 aromatic carbocycles. The number of carbonyl (C=O) groups excluding carboxylic acids is 1. The fraction of sp³-hybridized carbons (Fsp3) is 0.750. The lowest BCUT2D eigenvalue weighted by Crippen LogP contribution is -2.56. The number of aryl methyl sites for hydroxylation is 1. The molecule has 2 aliphatic heterocycles. The van der Waals surface area contributed by atoms with Crippen LogP contribution in [0, 0.1) is 12.8 Å². The first kappa shape index (κ1) is 21.6. The highest BCUT2D eigenvalue weighted by Gasteiger charge is 2.40. The Bertz CT molecular complexity index is 785. The molecule has 6 heteroatoms. The van der Waals surface area contributed by atoms with Crippen molar-refractivity contribution in [1.82, 2.24) is 20.1 Å². The second-order valence-corrected chi connectivity index (χ2v) is 9.71. The van der Waals surface area contributed by atoms with Crippen LogP contribution in [0.1, 0.15) is 73.7 Å². The van der Waals surface area contributed by atoms with Crippen molar-refractivity contribution in [2.24, 2.45) is 5.92 Å². The van der Waals surface area contributed by atoms with Gasteiger partial charge in [-0.25, -0.2) is 0 Å². The predicted octanol–water partition coefficient (Wildman–Crippen LogP) is 2.68. The highest BCUT2D eigenvalue weighted by atomic mass is 16.2. The maximum atomic E-state index is 13.2. The van der Waals surface area contributed by atoms with Gasteiger partial charge in [0.05, 0.1) is 0 Å². The predicted molar refractivity (Wildman–Crippen MR) is 120 cm³/mol. The van der Waals surface area contributed by atoms with Crippen molar-refractivity contribution in [3.05, 3.63) is 33.7 Å². The Hall–Kier alpha value is -1.66. The Kier molecular flexibility index (Phi) is 6.94. The number of rotatable bonds is 6. The topological polar surface area (TPSA) is 66.4 Å². The van der Waals surface area contributed by atoms with Crippen LogP contribution < -0.4 is 16.2 Å². The van der Waals surface area contributed by atoms with E-state index in [1.54, 1.807) is 4.57 Å². The number of piperidine rings is 2. The first-order valence-corrected chi connectivity index (χ1v) is 12.0. The minimum atomic E-state index is -0.197. The van der Waals surface area contributed by atoms with Gasteiger partial charge in [0.1, 0.15) is 5.56 Å². The van der Waals surface area contributed by atoms with E-state index in [-0.39, 0.29) is 17.0 Å². The van der Waals surface area contributed by atoms with E-state index in [9.17, 15) is 9.59 Å². The lowest BCUT2D eigenvalue weighted by Gasteiger charge is -2.43. The molecular formula is C24H38N4O2. The van der Waals surface area contributed by atoms with E-state index in [0.717, 1.165) is 57.4 Å². The molecule has 0 radical (unpaired) electrons. The summed E-state index contributed by atoms with van der Waals surface area (Å²) in [5.41, 5.74) is 1.05. The van der Waals surface area contributed by atoms with Crippen molar-refractivity contribution >= 4 is 5.91 Å². The van der Waals surface area contributed by atoms with Gasteiger partial charge >= 0.3 is 0 Å². The van der Waals surface area contributed by atoms with Crippen LogP contribution in [-0.2, 0) is 6.54 Å². The molecule has 0 bridgehead atoms. The van der Waals surface area contributed by atoms with E-state index >= 15 is 0 Å². The molecule has 3 aliphatic rings. The van der Waals surface area contributed by atoms with Crippen molar-refractivity contribution in [3.63, 3.8) is 0 Å². The lowest BCUT2D eigenvalue weighted by atomic mass is 9.92. The van der Waals surface area contributed by atoms with Crippen molar-refractivity contribution in [2.75, 3.05) is 32.7 Å². The van der Waals surface area contributed by atoms with Crippen LogP contribution in [0.25, 0.3) is 0 Å². The second kappa shape index (κ2) is 9.65. The van der Waals surface area contributed by atoms with Crippen LogP contribution in [0.3, 0.4) is 0 Å². The number of nitrogens with zero attached hydrogens (tertiary/aromatic N) is 2. The molecule has 2 N–H and O–H groups in total. The lowest BCUT2D eigenvalue weighted by molar-refractivity contribution is 0.0641. The molecule has 0 spiro atoms. The number of carbonyl (C=O) groups is 1. The van der Waals surface area contributed by atoms with Crippen molar-refractivity contribution in [3.8, 4) is 0 Å². The second-order valence-electron chi connectivity index (χ2n) is 9.71. The van der Waals surface area contributed by atoms with Gasteiger partial charge in [0.25, 0.3) is 11.5 Å². The highest BCUT2D eigenvalue weighted by molar-refractivity contribution is 5.95. The molecule has 30 heavy (non-hydrogen) atoms. The molecule has 1 unspecified atom stereocenters. The van der Waals surface area contributed by atoms with Gasteiger partial charge in [-0.3, -0.25) is 14.5 Å². The molecule has 2 saturated heterocycles. The number of likely N-dealkylation sites (tertiary alicyclic amines) is 1. The first-order chi connectivity index (χ1) is 14.6. The van der Waals surface area contributed by atoms with E-state index in [1.807, 2.05) is 19.2 Å². The summed E-state index contributed by atoms with van der Waals surface area (Å²) in [6.45, 7) is 7.51. The van der Waals surface area contributed by atoms with Crippen LogP contribution in [0.2, 0.25) is 0 Å². The fourth-order valence-corrected chi connectivity index (χ4v) is 5.78. The van der Waals surface area contributed by atoms with Gasteiger partial charge in [0, 0.05) is 24.8 Å². The van der Waals surface area contributed by atoms with Crippen LogP contribution in [0.15, 0.2) is 17.1 Å². The Morgan fingerprint density at radius 1 is 1.17 bits per heavy atom. The molecule has 1 amide bonds. The number of hydrogen-bond donors (Lipinski definition) is 2. The van der Waals surface area contributed by atoms with Gasteiger partial charge in [-0.15, -0.1) is 0 Å². The van der Waals surface area contributed by atoms with Gasteiger partial charge in [0.15, 0.2) is 0 Å². The Morgan fingerprint density at radius 2 is 1.93 bits per heavy atom. The van der Waals surface area contributed by atoms with Gasteiger partial charge in [-0.1, -0.05) is 19.3 Å². The Morgan fingerprint density at radius 3 is 2.63 bits per heavy atom. The van der Waals surface area contributed by atoms with Gasteiger partial charge in [0.2, 0.25) is 0 Å². The highest BCUT2D eigenvalue weighted by Crippen LogP contribution is 2.36. The molecule has 3 heterocycles. The summed E-state index contributed by atoms with van der Waals surface area (Å²) in [7, 11) is 0. The molecule has 1 aromatic rings. The monoisotopic (exact) mass is 414 g/mol. The van der Waals surface area contributed by atoms with E-state index in [1.165, 1.54) is 32.1 Å². The largest absolute Gasteiger partial charge is 0.350 e. The Labute approximate surface area is 180 Å². The summed E-state index contributed by atoms with van der Waals surface area (Å²) in [5, 5.41) is 6.60. The van der Waals surface area contributed by atoms with Crippen LogP contribution in [0.4, 0.5) is 0 Å². The summed E-state index contributed by atoms with van der Waals surface area (Å²) in [6.07, 6.45) is 12.7. The number of amides is 1. The van der Waals surface area contributed by atoms with Crippen molar-refractivity contribution in [1.29, 1.82) is 0 Å². The summed E-state index contributed by atoms with van der Waals surface area (Å²) in [4.78, 5) is 28.9. The third-order valence-corrected chi connectivity index (χ3v) is 7.59. The molecule has 1 saturated carbocycles. The molecule has 1 aliphatic carbocycles. The minimum Gasteiger partial charge on any atom is -0.350 e. The Balaban J connectivity index is 1.47. The smallest absolute Gasteiger partial charge is 0.263 e. The van der Waals surface area contributed by atoms with E-state index < -0.39 is 0 Å². The summed E-state index contributed by atoms with van der Waals surface area (Å²) in [5.74, 6) is 0.257. The summed E-state index contributed by atoms with van der Waals surface area (Å²) >= 11 is 0. The average molecular weight is 415 g/mol. The standard InChI is InChI=1S/C24H38N4O2/c1-19-9-15-27(17-20-8-7-12-25-16-20)23(30)21(19)22(29)26-18-24(10-3-4-11-24)28-13-5-2-6-14-28/h9,15,20,25H,2-8,10-14,16-18H2,1H3,(H,26,29). The third-order valence-electron chi connectivity index (χ3n) is 7.59. The maximum Gasteiger partial charge on any atom is 0.263 e. The molecule has 6 nitrogen and oxygen atoms in total. The normalized spacial score (nSPS) is 24.6. The minimum absolute atomic E-state index is 0.0888. The zero-order chi connectivity index (χ0) is 21.0. The van der Waals surface area contributed by atoms with Gasteiger partial charge < -0.3 is 15.2 Å². The van der Waals surface area contributed by atoms with Gasteiger partial charge in [-0.05, 0) is 89.2 Å². The molecule has 4 rings (SSSR count). The van der Waals surface area contributed by atoms with Gasteiger partial charge in [-0.2, -0.15) is 0 Å². The number of hydrogen-bond acceptors (Lipinski definition) is 4. The zero-order valence-electron chi connectivity index (χ0n) is 18.5. The fourth-order valence-electron chi connectivity index (χ4n) is 5.78. The third kappa shape index (κ3) is 4.65. The van der Waals surface area contributed by atoms with E-state index in [0.29, 0.717) is 24.6 Å². The SMILES string of the molecule is Cc1ccn(CC2CCCNC2)c(=O)c1C(=O)NCC1(N2CCCCC2)CCCC1. The zero-order valence-corrected chi connectivity index (χ0v) is 18.5. The van der Waals surface area contributed by atoms with Crippen LogP contribution >= 0.6 is 0 Å². The molecule has 3 fully saturated rings. The molecule has 166 valence electrons. The first-order valence-electron chi connectivity index (χ1n) is 12.0. The van der Waals surface area contributed by atoms with E-state index in [4.69, 9.17) is 0 Å². The maximum absolute atomic E-state index is 13.2. The number of aromatic nitrogens is 1. The van der Waals surface area contributed by atoms with Crippen molar-refractivity contribution in [2.45, 2.75) is 76.8 Å². The summed E-state index contributed by atoms with van der Waals surface area (Å²) in [6, 6.07) is 1.92. The quantitative estimate of drug-likeness (QED) is 0.751. The van der Waals surface area contributed by atoms with E-state index in [2.05, 4.69) is 15.5 Å². The van der Waals surface area contributed by atoms with Crippen LogP contribution in [0.5, 0.6) is 0 Å². The van der Waals surface area contributed by atoms with Crippen molar-refractivity contribution < 1.29 is 4.79 Å². The number of pyridine rings is 1. The average Bonchev–Trinajstić information content (AvgIpc) is 3.26. The molecule has 1 atom stereocenters. The summed E-state index contributed by atoms with van der Waals surface area (Å²) < 4.78 is 1.75. The number of nitrogens with one attached hydrogen (secondary N) is 2. The molecule has 1 aromatic heterocycles. The molecular weight excluding hydrogens is 376 g/mol. The van der Waals surface area contributed by atoms with Crippen LogP contribution in [-0.4, -0.2) is 53.6 Å².